The number of carbonyl (C=O) groups is 5. The molecule has 0 unspecified atom stereocenters. The van der Waals surface area contributed by atoms with Crippen LogP contribution in [0.25, 0.3) is 0 Å². The number of phenolic OH excluding ortho intramolecular Hbond substituents is 2. The molecule has 1 heterocycles. The second-order valence-electron chi connectivity index (χ2n) is 16.4. The Morgan fingerprint density at radius 3 is 2.17 bits per heavy atom. The first-order valence-corrected chi connectivity index (χ1v) is 21.5. The van der Waals surface area contributed by atoms with E-state index in [1.54, 1.807) is 6.92 Å². The van der Waals surface area contributed by atoms with Gasteiger partial charge >= 0.3 is 5.97 Å². The molecule has 15 nitrogen and oxygen atoms in total. The average molecular weight is 839 g/mol. The third kappa shape index (κ3) is 10.9. The lowest BCUT2D eigenvalue weighted by Crippen LogP contribution is -2.53. The quantitative estimate of drug-likeness (QED) is 0.0436. The van der Waals surface area contributed by atoms with Crippen LogP contribution >= 0.6 is 0 Å². The van der Waals surface area contributed by atoms with E-state index in [-0.39, 0.29) is 53.2 Å². The fraction of sp³-hybridized carbons (Fsp3) is 0.622. The average Bonchev–Trinajstić information content (AvgIpc) is 3.22. The third-order valence-corrected chi connectivity index (χ3v) is 11.9. The largest absolute Gasteiger partial charge is 0.507 e. The molecule has 330 valence electrons. The van der Waals surface area contributed by atoms with E-state index in [2.05, 4.69) is 12.2 Å². The van der Waals surface area contributed by atoms with Crippen molar-refractivity contribution < 1.29 is 63.3 Å². The molecule has 0 saturated carbocycles. The number of phenols is 2. The van der Waals surface area contributed by atoms with Crippen LogP contribution in [0.15, 0.2) is 18.2 Å². The number of benzene rings is 2. The van der Waals surface area contributed by atoms with Crippen molar-refractivity contribution in [1.82, 2.24) is 5.32 Å². The number of esters is 1. The van der Waals surface area contributed by atoms with E-state index in [0.717, 1.165) is 19.3 Å². The second-order valence-corrected chi connectivity index (χ2v) is 16.4. The summed E-state index contributed by atoms with van der Waals surface area (Å²) >= 11 is 0. The van der Waals surface area contributed by atoms with Crippen molar-refractivity contribution in [3.63, 3.8) is 0 Å². The minimum Gasteiger partial charge on any atom is -0.507 e. The Balaban J connectivity index is 1.20. The summed E-state index contributed by atoms with van der Waals surface area (Å²) in [7, 11) is 1.32. The molecule has 2 aliphatic carbocycles. The number of ether oxygens (including phenoxy) is 4. The van der Waals surface area contributed by atoms with Crippen LogP contribution in [0, 0.1) is 0 Å². The maximum Gasteiger partial charge on any atom is 0.306 e. The van der Waals surface area contributed by atoms with Gasteiger partial charge in [-0.25, -0.2) is 0 Å². The number of aliphatic hydroxyl groups excluding tert-OH is 1. The number of Topliss-reactive ketones (excluding diaryl/α,β-unsaturated/α-hetero) is 1. The first kappa shape index (κ1) is 46.7. The smallest absolute Gasteiger partial charge is 0.306 e. The zero-order valence-corrected chi connectivity index (χ0v) is 35.1. The molecular formula is C45H62N2O13. The van der Waals surface area contributed by atoms with Crippen LogP contribution in [-0.4, -0.2) is 100 Å². The fourth-order valence-electron chi connectivity index (χ4n) is 8.45. The number of aliphatic hydroxyl groups is 2. The number of hydrogen-bond acceptors (Lipinski definition) is 14. The van der Waals surface area contributed by atoms with Crippen molar-refractivity contribution in [1.29, 1.82) is 0 Å². The van der Waals surface area contributed by atoms with Gasteiger partial charge in [0.15, 0.2) is 18.7 Å². The van der Waals surface area contributed by atoms with Gasteiger partial charge in [0, 0.05) is 55.0 Å². The highest BCUT2D eigenvalue weighted by molar-refractivity contribution is 6.31. The van der Waals surface area contributed by atoms with Gasteiger partial charge in [0.1, 0.15) is 22.8 Å². The highest BCUT2D eigenvalue weighted by Gasteiger charge is 2.50. The SMILES string of the molecule is CCCCCCCCCCCCCCNC(=O)CCC(=O)OCC(=O)[C@]1(O)Cc2c(O)c3c(c(O)c2[C@@H](O[C@H]2C[C@H](N)[C@H](O)[C@H](C)O2)C1)C(=O)c1c(OC)cccc1C3=O. The molecule has 0 bridgehead atoms. The zero-order chi connectivity index (χ0) is 43.6. The van der Waals surface area contributed by atoms with Crippen LogP contribution in [0.4, 0.5) is 0 Å². The molecule has 6 atom stereocenters. The second kappa shape index (κ2) is 21.4. The number of ketones is 3. The number of nitrogens with one attached hydrogen (secondary N) is 1. The Labute approximate surface area is 351 Å². The highest BCUT2D eigenvalue weighted by atomic mass is 16.7. The summed E-state index contributed by atoms with van der Waals surface area (Å²) < 4.78 is 22.5. The summed E-state index contributed by atoms with van der Waals surface area (Å²) in [4.78, 5) is 66.6. The van der Waals surface area contributed by atoms with Crippen molar-refractivity contribution in [2.24, 2.45) is 5.73 Å². The Bertz CT molecular complexity index is 1870. The van der Waals surface area contributed by atoms with Gasteiger partial charge in [0.2, 0.25) is 17.5 Å². The predicted octanol–water partition coefficient (Wildman–Crippen LogP) is 5.15. The molecule has 7 N–H and O–H groups in total. The standard InChI is InChI=1S/C45H62N2O13/c1-4-5-6-7-8-9-10-11-12-13-14-15-21-47-33(49)19-20-34(50)58-25-32(48)45(56)23-28-37(31(24-45)60-35-22-29(46)40(51)26(2)59-35)44(55)39-38(42(28)53)41(52)27-17-16-18-30(57-3)36(27)43(39)54/h16-18,26,29,31,35,40,51,53,55-56H,4-15,19-25,46H2,1-3H3,(H,47,49)/t26-,29-,31-,35-,40+,45-/m0/s1. The number of unbranched alkanes of at least 4 members (excludes halogenated alkanes) is 11. The number of fused-ring (bicyclic) bond motifs is 3. The summed E-state index contributed by atoms with van der Waals surface area (Å²) in [5.74, 6) is -5.15. The van der Waals surface area contributed by atoms with E-state index in [4.69, 9.17) is 24.7 Å². The third-order valence-electron chi connectivity index (χ3n) is 11.9. The predicted molar refractivity (Wildman–Crippen MR) is 219 cm³/mol. The zero-order valence-electron chi connectivity index (χ0n) is 35.1. The molecule has 0 aromatic heterocycles. The van der Waals surface area contributed by atoms with Crippen LogP contribution in [0.3, 0.4) is 0 Å². The van der Waals surface area contributed by atoms with Gasteiger partial charge in [-0.2, -0.15) is 0 Å². The van der Waals surface area contributed by atoms with Crippen molar-refractivity contribution in [3.8, 4) is 17.2 Å². The first-order chi connectivity index (χ1) is 28.7. The normalized spacial score (nSPS) is 23.3. The molecule has 1 aliphatic heterocycles. The van der Waals surface area contributed by atoms with Crippen LogP contribution in [-0.2, 0) is 35.0 Å². The van der Waals surface area contributed by atoms with Crippen LogP contribution in [0.2, 0.25) is 0 Å². The fourth-order valence-corrected chi connectivity index (χ4v) is 8.45. The molecule has 1 saturated heterocycles. The highest BCUT2D eigenvalue weighted by Crippen LogP contribution is 2.52. The molecule has 1 amide bonds. The molecule has 2 aromatic carbocycles. The van der Waals surface area contributed by atoms with Crippen LogP contribution in [0.1, 0.15) is 166 Å². The van der Waals surface area contributed by atoms with Gasteiger partial charge in [-0.3, -0.25) is 24.0 Å². The number of rotatable bonds is 22. The number of carbonyl (C=O) groups excluding carboxylic acids is 5. The van der Waals surface area contributed by atoms with Gasteiger partial charge in [-0.1, -0.05) is 89.7 Å². The van der Waals surface area contributed by atoms with Crippen molar-refractivity contribution in [2.45, 2.75) is 159 Å². The molecule has 60 heavy (non-hydrogen) atoms. The topological polar surface area (TPSA) is 241 Å². The summed E-state index contributed by atoms with van der Waals surface area (Å²) in [6.45, 7) is 3.39. The summed E-state index contributed by atoms with van der Waals surface area (Å²) in [5.41, 5.74) is 2.11. The number of nitrogens with two attached hydrogens (primary N) is 1. The molecule has 3 aliphatic rings. The minimum atomic E-state index is -2.38. The molecule has 1 fully saturated rings. The Hall–Kier alpha value is -4.41. The lowest BCUT2D eigenvalue weighted by atomic mass is 9.72. The number of hydrogen-bond donors (Lipinski definition) is 6. The van der Waals surface area contributed by atoms with E-state index >= 15 is 0 Å². The summed E-state index contributed by atoms with van der Waals surface area (Å²) in [6.07, 6.45) is 8.34. The molecule has 5 rings (SSSR count). The molecule has 15 heteroatoms. The van der Waals surface area contributed by atoms with Gasteiger partial charge < -0.3 is 50.4 Å². The summed E-state index contributed by atoms with van der Waals surface area (Å²) in [5, 5.41) is 48.6. The number of methoxy groups -OCH3 is 1. The maximum atomic E-state index is 14.0. The van der Waals surface area contributed by atoms with Gasteiger partial charge in [-0.15, -0.1) is 0 Å². The Morgan fingerprint density at radius 1 is 0.900 bits per heavy atom. The minimum absolute atomic E-state index is 0.0338. The van der Waals surface area contributed by atoms with Crippen molar-refractivity contribution in [2.75, 3.05) is 20.3 Å². The van der Waals surface area contributed by atoms with Crippen LogP contribution < -0.4 is 15.8 Å². The molecule has 0 radical (unpaired) electrons. The summed E-state index contributed by atoms with van der Waals surface area (Å²) in [6, 6.07) is 3.56. The van der Waals surface area contributed by atoms with E-state index in [9.17, 15) is 44.4 Å². The van der Waals surface area contributed by atoms with Crippen molar-refractivity contribution >= 4 is 29.2 Å². The van der Waals surface area contributed by atoms with E-state index < -0.39 is 102 Å². The molecule has 0 spiro atoms. The molecular weight excluding hydrogens is 776 g/mol. The van der Waals surface area contributed by atoms with Gasteiger partial charge in [0.25, 0.3) is 0 Å². The van der Waals surface area contributed by atoms with Crippen molar-refractivity contribution in [3.05, 3.63) is 51.6 Å². The lowest BCUT2D eigenvalue weighted by molar-refractivity contribution is -0.247. The Kier molecular flexibility index (Phi) is 16.6. The number of aromatic hydroxyl groups is 2. The van der Waals surface area contributed by atoms with E-state index in [1.807, 2.05) is 0 Å². The van der Waals surface area contributed by atoms with Crippen LogP contribution in [0.5, 0.6) is 17.2 Å². The van der Waals surface area contributed by atoms with Gasteiger partial charge in [-0.05, 0) is 19.4 Å². The monoisotopic (exact) mass is 838 g/mol. The van der Waals surface area contributed by atoms with E-state index in [1.165, 1.54) is 83.1 Å². The lowest BCUT2D eigenvalue weighted by Gasteiger charge is -2.42. The maximum absolute atomic E-state index is 14.0. The van der Waals surface area contributed by atoms with Gasteiger partial charge in [0.05, 0.1) is 48.5 Å². The Morgan fingerprint density at radius 2 is 1.53 bits per heavy atom. The number of amides is 1. The molecule has 2 aromatic rings. The van der Waals surface area contributed by atoms with E-state index in [0.29, 0.717) is 6.54 Å². The first-order valence-electron chi connectivity index (χ1n) is 21.5.